The van der Waals surface area contributed by atoms with Crippen molar-refractivity contribution >= 4 is 44.5 Å². The van der Waals surface area contributed by atoms with Crippen LogP contribution in [-0.4, -0.2) is 49.2 Å². The summed E-state index contributed by atoms with van der Waals surface area (Å²) in [6.07, 6.45) is 9.08. The molecule has 5 heterocycles. The molecular weight excluding hydrogens is 426 g/mol. The van der Waals surface area contributed by atoms with Gasteiger partial charge >= 0.3 is 0 Å². The van der Waals surface area contributed by atoms with Gasteiger partial charge in [-0.3, -0.25) is 9.59 Å². The molecule has 1 fully saturated rings. The molecule has 5 aromatic rings. The van der Waals surface area contributed by atoms with Gasteiger partial charge in [-0.15, -0.1) is 0 Å². The van der Waals surface area contributed by atoms with Crippen LogP contribution in [0.1, 0.15) is 42.6 Å². The maximum Gasteiger partial charge on any atom is 0.223 e. The van der Waals surface area contributed by atoms with Gasteiger partial charge in [-0.05, 0) is 30.5 Å². The molecule has 0 spiro atoms. The Balaban J connectivity index is 1.19. The predicted molar refractivity (Wildman–Crippen MR) is 133 cm³/mol. The Morgan fingerprint density at radius 1 is 1.09 bits per heavy atom. The van der Waals surface area contributed by atoms with Gasteiger partial charge < -0.3 is 19.4 Å². The van der Waals surface area contributed by atoms with Crippen molar-refractivity contribution in [3.05, 3.63) is 66.7 Å². The van der Waals surface area contributed by atoms with Crippen molar-refractivity contribution in [2.75, 3.05) is 13.1 Å². The van der Waals surface area contributed by atoms with Gasteiger partial charge in [0, 0.05) is 78.0 Å². The Kier molecular flexibility index (Phi) is 4.98. The van der Waals surface area contributed by atoms with Crippen molar-refractivity contribution in [1.82, 2.24) is 24.4 Å². The van der Waals surface area contributed by atoms with Crippen molar-refractivity contribution in [3.63, 3.8) is 0 Å². The molecule has 0 bridgehead atoms. The third kappa shape index (κ3) is 3.39. The second-order valence-electron chi connectivity index (χ2n) is 9.37. The molecule has 1 saturated heterocycles. The average Bonchev–Trinajstić information content (AvgIpc) is 3.60. The van der Waals surface area contributed by atoms with Gasteiger partial charge in [0.15, 0.2) is 5.78 Å². The molecule has 0 radical (unpaired) electrons. The van der Waals surface area contributed by atoms with E-state index in [-0.39, 0.29) is 30.6 Å². The maximum atomic E-state index is 13.1. The number of H-pyrrole nitrogens is 2. The minimum absolute atomic E-state index is 0.00600. The lowest BCUT2D eigenvalue weighted by atomic mass is 9.92. The molecule has 1 aliphatic heterocycles. The molecule has 4 aromatic heterocycles. The molecule has 0 aliphatic carbocycles. The van der Waals surface area contributed by atoms with Crippen LogP contribution in [0.15, 0.2) is 61.2 Å². The summed E-state index contributed by atoms with van der Waals surface area (Å²) in [6, 6.07) is 12.1. The molecule has 1 aromatic carbocycles. The number of carbonyl (C=O) groups is 2. The van der Waals surface area contributed by atoms with Crippen LogP contribution in [0.25, 0.3) is 32.8 Å². The van der Waals surface area contributed by atoms with E-state index in [2.05, 4.69) is 44.8 Å². The number of rotatable bonds is 5. The normalized spacial score (nSPS) is 18.8. The Morgan fingerprint density at radius 3 is 2.88 bits per heavy atom. The largest absolute Gasteiger partial charge is 0.360 e. The molecule has 0 saturated carbocycles. The number of piperidine rings is 1. The lowest BCUT2D eigenvalue weighted by Crippen LogP contribution is -2.43. The fourth-order valence-corrected chi connectivity index (χ4v) is 5.38. The monoisotopic (exact) mass is 453 g/mol. The summed E-state index contributed by atoms with van der Waals surface area (Å²) in [5, 5.41) is 3.12. The number of aromatic nitrogens is 4. The van der Waals surface area contributed by atoms with Crippen molar-refractivity contribution < 1.29 is 9.59 Å². The standard InChI is InChI=1S/C27H27N5O2/c1-17-9-12-31(25(34)7-6-24(33)21-15-29-22-5-3-2-4-19(21)22)16-23(17)32-13-10-18-14-30-27-20(26(18)32)8-11-28-27/h2-5,8,10-11,13-15,17,23,29H,6-7,9,12,16H2,1H3,(H,28,30)/t17-,23+/m1/s1. The van der Waals surface area contributed by atoms with Gasteiger partial charge in [-0.1, -0.05) is 25.1 Å². The SMILES string of the molecule is C[C@@H]1CCN(C(=O)CCC(=O)c2c[nH]c3ccccc23)C[C@@H]1n1ccc2cnc3[nH]ccc3c21. The number of nitrogens with one attached hydrogen (secondary N) is 2. The number of hydrogen-bond acceptors (Lipinski definition) is 3. The number of nitrogens with zero attached hydrogens (tertiary/aromatic N) is 3. The molecule has 2 N–H and O–H groups in total. The van der Waals surface area contributed by atoms with Crippen LogP contribution < -0.4 is 0 Å². The van der Waals surface area contributed by atoms with Gasteiger partial charge in [0.05, 0.1) is 11.6 Å². The Labute approximate surface area is 196 Å². The van der Waals surface area contributed by atoms with E-state index in [1.807, 2.05) is 41.6 Å². The van der Waals surface area contributed by atoms with Crippen LogP contribution in [0, 0.1) is 5.92 Å². The van der Waals surface area contributed by atoms with Crippen molar-refractivity contribution in [2.24, 2.45) is 5.92 Å². The number of para-hydroxylation sites is 1. The van der Waals surface area contributed by atoms with Crippen LogP contribution in [-0.2, 0) is 4.79 Å². The second-order valence-corrected chi connectivity index (χ2v) is 9.37. The zero-order valence-electron chi connectivity index (χ0n) is 19.1. The molecule has 7 nitrogen and oxygen atoms in total. The zero-order chi connectivity index (χ0) is 23.2. The molecule has 6 rings (SSSR count). The molecule has 0 unspecified atom stereocenters. The molecule has 2 atom stereocenters. The molecule has 172 valence electrons. The van der Waals surface area contributed by atoms with Crippen molar-refractivity contribution in [2.45, 2.75) is 32.2 Å². The number of benzene rings is 1. The predicted octanol–water partition coefficient (Wildman–Crippen LogP) is 5.07. The number of Topliss-reactive ketones (excluding diaryl/α,β-unsaturated/α-hetero) is 1. The summed E-state index contributed by atoms with van der Waals surface area (Å²) >= 11 is 0. The lowest BCUT2D eigenvalue weighted by molar-refractivity contribution is -0.133. The highest BCUT2D eigenvalue weighted by Gasteiger charge is 2.31. The smallest absolute Gasteiger partial charge is 0.223 e. The highest BCUT2D eigenvalue weighted by molar-refractivity contribution is 6.08. The van der Waals surface area contributed by atoms with Crippen LogP contribution in [0.4, 0.5) is 0 Å². The van der Waals surface area contributed by atoms with Crippen LogP contribution in [0.5, 0.6) is 0 Å². The number of ketones is 1. The average molecular weight is 454 g/mol. The van der Waals surface area contributed by atoms with E-state index in [0.717, 1.165) is 45.8 Å². The fraction of sp³-hybridized carbons (Fsp3) is 0.296. The maximum absolute atomic E-state index is 13.1. The van der Waals surface area contributed by atoms with Crippen LogP contribution >= 0.6 is 0 Å². The highest BCUT2D eigenvalue weighted by Crippen LogP contribution is 2.34. The Bertz CT molecular complexity index is 1520. The molecular formula is C27H27N5O2. The van der Waals surface area contributed by atoms with Crippen molar-refractivity contribution in [1.29, 1.82) is 0 Å². The third-order valence-electron chi connectivity index (χ3n) is 7.34. The zero-order valence-corrected chi connectivity index (χ0v) is 19.1. The van der Waals surface area contributed by atoms with Gasteiger partial charge in [0.2, 0.25) is 5.91 Å². The van der Waals surface area contributed by atoms with E-state index in [1.165, 1.54) is 0 Å². The van der Waals surface area contributed by atoms with E-state index in [0.29, 0.717) is 18.0 Å². The topological polar surface area (TPSA) is 86.8 Å². The summed E-state index contributed by atoms with van der Waals surface area (Å²) in [5.74, 6) is 0.496. The molecule has 1 aliphatic rings. The minimum Gasteiger partial charge on any atom is -0.360 e. The number of likely N-dealkylation sites (tertiary alicyclic amines) is 1. The van der Waals surface area contributed by atoms with Gasteiger partial charge in [0.25, 0.3) is 0 Å². The number of fused-ring (bicyclic) bond motifs is 4. The quantitative estimate of drug-likeness (QED) is 0.364. The fourth-order valence-electron chi connectivity index (χ4n) is 5.38. The van der Waals surface area contributed by atoms with E-state index >= 15 is 0 Å². The number of hydrogen-bond donors (Lipinski definition) is 2. The summed E-state index contributed by atoms with van der Waals surface area (Å²) in [4.78, 5) is 38.8. The first-order chi connectivity index (χ1) is 16.6. The summed E-state index contributed by atoms with van der Waals surface area (Å²) in [5.41, 5.74) is 3.64. The summed E-state index contributed by atoms with van der Waals surface area (Å²) in [7, 11) is 0. The van der Waals surface area contributed by atoms with Gasteiger partial charge in [-0.25, -0.2) is 4.98 Å². The number of carbonyl (C=O) groups excluding carboxylic acids is 2. The first-order valence-corrected chi connectivity index (χ1v) is 11.9. The second kappa shape index (κ2) is 8.17. The number of amides is 1. The number of pyridine rings is 1. The summed E-state index contributed by atoms with van der Waals surface area (Å²) in [6.45, 7) is 3.64. The Morgan fingerprint density at radius 2 is 1.97 bits per heavy atom. The van der Waals surface area contributed by atoms with Gasteiger partial charge in [0.1, 0.15) is 5.65 Å². The first kappa shape index (κ1) is 20.7. The van der Waals surface area contributed by atoms with Crippen LogP contribution in [0.2, 0.25) is 0 Å². The molecule has 34 heavy (non-hydrogen) atoms. The van der Waals surface area contributed by atoms with Crippen molar-refractivity contribution in [3.8, 4) is 0 Å². The first-order valence-electron chi connectivity index (χ1n) is 11.9. The minimum atomic E-state index is 0.00600. The van der Waals surface area contributed by atoms with E-state index in [9.17, 15) is 9.59 Å². The van der Waals surface area contributed by atoms with Crippen LogP contribution in [0.3, 0.4) is 0 Å². The van der Waals surface area contributed by atoms with E-state index in [1.54, 1.807) is 6.20 Å². The van der Waals surface area contributed by atoms with E-state index < -0.39 is 0 Å². The van der Waals surface area contributed by atoms with E-state index in [4.69, 9.17) is 0 Å². The third-order valence-corrected chi connectivity index (χ3v) is 7.34. The molecule has 7 heteroatoms. The number of aromatic amines is 2. The Hall–Kier alpha value is -3.87. The van der Waals surface area contributed by atoms with Gasteiger partial charge in [-0.2, -0.15) is 0 Å². The molecule has 1 amide bonds. The summed E-state index contributed by atoms with van der Waals surface area (Å²) < 4.78 is 2.31. The highest BCUT2D eigenvalue weighted by atomic mass is 16.2. The lowest BCUT2D eigenvalue weighted by Gasteiger charge is -2.38.